The SMILES string of the molecule is Cc1cc(-c2c(-c3ccc(F)cc3)nn3c2C[C@@H]2C[C@@H]23)c2cnn(COCC[Si](C)(C)C)c2n1. The van der Waals surface area contributed by atoms with Gasteiger partial charge in [-0.05, 0) is 62.1 Å². The van der Waals surface area contributed by atoms with Crippen LogP contribution >= 0.6 is 0 Å². The number of benzene rings is 1. The molecular weight excluding hydrogens is 445 g/mol. The van der Waals surface area contributed by atoms with Crippen molar-refractivity contribution in [2.24, 2.45) is 5.92 Å². The molecule has 0 unspecified atom stereocenters. The minimum atomic E-state index is -1.14. The van der Waals surface area contributed by atoms with Crippen LogP contribution in [-0.4, -0.2) is 39.2 Å². The fraction of sp³-hybridized carbons (Fsp3) is 0.423. The van der Waals surface area contributed by atoms with Crippen LogP contribution in [0.25, 0.3) is 33.4 Å². The molecule has 8 heteroatoms. The lowest BCUT2D eigenvalue weighted by Crippen LogP contribution is -2.22. The van der Waals surface area contributed by atoms with E-state index in [2.05, 4.69) is 35.5 Å². The molecule has 1 aromatic carbocycles. The lowest BCUT2D eigenvalue weighted by Gasteiger charge is -2.15. The first-order valence-corrected chi connectivity index (χ1v) is 15.8. The van der Waals surface area contributed by atoms with E-state index >= 15 is 0 Å². The average molecular weight is 476 g/mol. The second kappa shape index (κ2) is 7.85. The zero-order chi connectivity index (χ0) is 23.6. The summed E-state index contributed by atoms with van der Waals surface area (Å²) >= 11 is 0. The Morgan fingerprint density at radius 2 is 1.97 bits per heavy atom. The Morgan fingerprint density at radius 3 is 2.74 bits per heavy atom. The molecule has 2 atom stereocenters. The summed E-state index contributed by atoms with van der Waals surface area (Å²) in [6, 6.07) is 10.4. The van der Waals surface area contributed by atoms with Gasteiger partial charge < -0.3 is 4.74 Å². The summed E-state index contributed by atoms with van der Waals surface area (Å²) in [5.41, 5.74) is 7.10. The molecule has 2 aliphatic rings. The van der Waals surface area contributed by atoms with E-state index in [4.69, 9.17) is 14.8 Å². The molecule has 0 N–H and O–H groups in total. The molecule has 176 valence electrons. The van der Waals surface area contributed by atoms with Gasteiger partial charge in [0.05, 0.1) is 12.2 Å². The molecule has 6 rings (SSSR count). The summed E-state index contributed by atoms with van der Waals surface area (Å²) in [5, 5.41) is 10.7. The van der Waals surface area contributed by atoms with Crippen LogP contribution in [0.15, 0.2) is 36.5 Å². The third-order valence-corrected chi connectivity index (χ3v) is 8.70. The number of halogens is 1. The van der Waals surface area contributed by atoms with Crippen molar-refractivity contribution in [3.05, 3.63) is 53.7 Å². The molecule has 0 bridgehead atoms. The molecule has 1 fully saturated rings. The second-order valence-corrected chi connectivity index (χ2v) is 16.6. The van der Waals surface area contributed by atoms with E-state index in [1.165, 1.54) is 24.2 Å². The van der Waals surface area contributed by atoms with Crippen molar-refractivity contribution < 1.29 is 9.13 Å². The van der Waals surface area contributed by atoms with E-state index in [-0.39, 0.29) is 5.82 Å². The van der Waals surface area contributed by atoms with Crippen LogP contribution in [0, 0.1) is 18.7 Å². The van der Waals surface area contributed by atoms with Crippen molar-refractivity contribution in [1.82, 2.24) is 24.5 Å². The molecule has 1 aliphatic heterocycles. The van der Waals surface area contributed by atoms with Crippen LogP contribution in [-0.2, 0) is 17.9 Å². The number of nitrogens with zero attached hydrogens (tertiary/aromatic N) is 5. The van der Waals surface area contributed by atoms with Gasteiger partial charge in [-0.2, -0.15) is 10.2 Å². The van der Waals surface area contributed by atoms with Gasteiger partial charge in [0.2, 0.25) is 0 Å². The van der Waals surface area contributed by atoms with Gasteiger partial charge >= 0.3 is 0 Å². The van der Waals surface area contributed by atoms with E-state index in [0.29, 0.717) is 18.7 Å². The van der Waals surface area contributed by atoms with E-state index in [1.54, 1.807) is 0 Å². The van der Waals surface area contributed by atoms with Gasteiger partial charge in [0.15, 0.2) is 5.65 Å². The lowest BCUT2D eigenvalue weighted by molar-refractivity contribution is 0.0813. The number of fused-ring (bicyclic) bond motifs is 4. The monoisotopic (exact) mass is 475 g/mol. The van der Waals surface area contributed by atoms with Crippen molar-refractivity contribution in [1.29, 1.82) is 0 Å². The molecule has 0 saturated heterocycles. The van der Waals surface area contributed by atoms with E-state index in [0.717, 1.165) is 58.2 Å². The number of aryl methyl sites for hydroxylation is 1. The maximum absolute atomic E-state index is 13.7. The Bertz CT molecular complexity index is 1390. The molecule has 0 spiro atoms. The van der Waals surface area contributed by atoms with Gasteiger partial charge in [0, 0.05) is 48.1 Å². The van der Waals surface area contributed by atoms with Gasteiger partial charge in [-0.25, -0.2) is 14.1 Å². The molecule has 34 heavy (non-hydrogen) atoms. The number of hydrogen-bond donors (Lipinski definition) is 0. The van der Waals surface area contributed by atoms with Crippen molar-refractivity contribution in [2.45, 2.75) is 58.2 Å². The first-order valence-electron chi connectivity index (χ1n) is 12.1. The highest BCUT2D eigenvalue weighted by Crippen LogP contribution is 2.55. The molecule has 1 saturated carbocycles. The van der Waals surface area contributed by atoms with E-state index < -0.39 is 8.07 Å². The summed E-state index contributed by atoms with van der Waals surface area (Å²) in [5.74, 6) is 0.460. The highest BCUT2D eigenvalue weighted by Gasteiger charge is 2.48. The maximum atomic E-state index is 13.7. The lowest BCUT2D eigenvalue weighted by atomic mass is 9.95. The third kappa shape index (κ3) is 3.78. The molecule has 0 radical (unpaired) electrons. The minimum Gasteiger partial charge on any atom is -0.359 e. The normalized spacial score (nSPS) is 19.0. The molecule has 4 heterocycles. The van der Waals surface area contributed by atoms with Crippen molar-refractivity contribution in [3.8, 4) is 22.4 Å². The van der Waals surface area contributed by atoms with Gasteiger partial charge in [0.25, 0.3) is 0 Å². The number of aromatic nitrogens is 5. The molecule has 4 aromatic rings. The number of hydrogen-bond acceptors (Lipinski definition) is 4. The smallest absolute Gasteiger partial charge is 0.161 e. The summed E-state index contributed by atoms with van der Waals surface area (Å²) in [7, 11) is -1.14. The van der Waals surface area contributed by atoms with Crippen LogP contribution in [0.4, 0.5) is 4.39 Å². The average Bonchev–Trinajstić information content (AvgIpc) is 3.11. The van der Waals surface area contributed by atoms with E-state index in [1.807, 2.05) is 29.9 Å². The highest BCUT2D eigenvalue weighted by atomic mass is 28.3. The minimum absolute atomic E-state index is 0.239. The van der Waals surface area contributed by atoms with E-state index in [9.17, 15) is 4.39 Å². The summed E-state index contributed by atoms with van der Waals surface area (Å²) in [4.78, 5) is 4.82. The number of pyridine rings is 1. The predicted octanol–water partition coefficient (Wildman–Crippen LogP) is 5.84. The summed E-state index contributed by atoms with van der Waals surface area (Å²) in [6.45, 7) is 10.2. The van der Waals surface area contributed by atoms with Crippen LogP contribution in [0.1, 0.15) is 23.9 Å². The second-order valence-electron chi connectivity index (χ2n) is 10.9. The van der Waals surface area contributed by atoms with Crippen LogP contribution in [0.3, 0.4) is 0 Å². The van der Waals surface area contributed by atoms with Gasteiger partial charge in [-0.15, -0.1) is 0 Å². The standard InChI is InChI=1S/C26H30FN5OSi/c1-16-11-20(21-14-28-31(26(21)29-16)15-33-9-10-34(2,3)4)24-23-13-18-12-22(18)32(23)30-25(24)17-5-7-19(27)8-6-17/h5-8,11,14,18,22H,9-10,12-13,15H2,1-4H3/t18-,22-/m0/s1. The maximum Gasteiger partial charge on any atom is 0.161 e. The zero-order valence-corrected chi connectivity index (χ0v) is 21.2. The fourth-order valence-electron chi connectivity index (χ4n) is 5.03. The Balaban J connectivity index is 1.43. The zero-order valence-electron chi connectivity index (χ0n) is 20.2. The third-order valence-electron chi connectivity index (χ3n) is 7.00. The first kappa shape index (κ1) is 21.7. The van der Waals surface area contributed by atoms with Crippen LogP contribution in [0.2, 0.25) is 25.7 Å². The van der Waals surface area contributed by atoms with Crippen LogP contribution < -0.4 is 0 Å². The van der Waals surface area contributed by atoms with Gasteiger partial charge in [-0.3, -0.25) is 4.68 Å². The Morgan fingerprint density at radius 1 is 1.18 bits per heavy atom. The molecular formula is C26H30FN5OSi. The fourth-order valence-corrected chi connectivity index (χ4v) is 5.79. The number of rotatable bonds is 7. The predicted molar refractivity (Wildman–Crippen MR) is 134 cm³/mol. The Kier molecular flexibility index (Phi) is 5.00. The largest absolute Gasteiger partial charge is 0.359 e. The summed E-state index contributed by atoms with van der Waals surface area (Å²) < 4.78 is 23.7. The van der Waals surface area contributed by atoms with Crippen molar-refractivity contribution in [2.75, 3.05) is 6.61 Å². The number of ether oxygens (including phenoxy) is 1. The first-order chi connectivity index (χ1) is 16.3. The van der Waals surface area contributed by atoms with Crippen molar-refractivity contribution in [3.63, 3.8) is 0 Å². The highest BCUT2D eigenvalue weighted by molar-refractivity contribution is 6.76. The Labute approximate surface area is 199 Å². The Hall–Kier alpha value is -2.84. The molecule has 0 amide bonds. The molecule has 6 nitrogen and oxygen atoms in total. The molecule has 1 aliphatic carbocycles. The van der Waals surface area contributed by atoms with Crippen LogP contribution in [0.5, 0.6) is 0 Å². The topological polar surface area (TPSA) is 57.8 Å². The van der Waals surface area contributed by atoms with Gasteiger partial charge in [-0.1, -0.05) is 19.6 Å². The quantitative estimate of drug-likeness (QED) is 0.249. The molecule has 3 aromatic heterocycles. The van der Waals surface area contributed by atoms with Crippen molar-refractivity contribution >= 4 is 19.1 Å². The summed E-state index contributed by atoms with van der Waals surface area (Å²) in [6.07, 6.45) is 4.13. The van der Waals surface area contributed by atoms with Gasteiger partial charge in [0.1, 0.15) is 18.2 Å².